The van der Waals surface area contributed by atoms with Crippen molar-refractivity contribution in [3.8, 4) is 11.5 Å². The van der Waals surface area contributed by atoms with Gasteiger partial charge in [0, 0.05) is 0 Å². The summed E-state index contributed by atoms with van der Waals surface area (Å²) in [7, 11) is 1.39. The number of benzene rings is 1. The summed E-state index contributed by atoms with van der Waals surface area (Å²) in [5.74, 6) is 1.42. The van der Waals surface area contributed by atoms with Gasteiger partial charge in [0.25, 0.3) is 5.24 Å². The lowest BCUT2D eigenvalue weighted by Crippen LogP contribution is -1.95. The van der Waals surface area contributed by atoms with Crippen molar-refractivity contribution in [3.05, 3.63) is 29.5 Å². The summed E-state index contributed by atoms with van der Waals surface area (Å²) < 4.78 is 15.2. The van der Waals surface area contributed by atoms with Gasteiger partial charge in [0.2, 0.25) is 6.79 Å². The zero-order valence-electron chi connectivity index (χ0n) is 8.53. The number of carbonyl (C=O) groups is 1. The molecule has 0 fully saturated rings. The van der Waals surface area contributed by atoms with E-state index in [1.54, 1.807) is 18.2 Å². The van der Waals surface area contributed by atoms with E-state index in [9.17, 15) is 4.79 Å². The van der Waals surface area contributed by atoms with Crippen molar-refractivity contribution in [1.29, 1.82) is 0 Å². The van der Waals surface area contributed by atoms with Crippen molar-refractivity contribution < 1.29 is 19.0 Å². The van der Waals surface area contributed by atoms with E-state index < -0.39 is 5.24 Å². The van der Waals surface area contributed by atoms with E-state index in [2.05, 4.69) is 0 Å². The molecule has 5 heteroatoms. The molecule has 1 aromatic rings. The molecule has 1 aromatic carbocycles. The van der Waals surface area contributed by atoms with Gasteiger partial charge in [0.05, 0.1) is 7.11 Å². The Morgan fingerprint density at radius 1 is 1.44 bits per heavy atom. The van der Waals surface area contributed by atoms with Crippen LogP contribution < -0.4 is 9.47 Å². The fourth-order valence-electron chi connectivity index (χ4n) is 1.35. The molecule has 84 valence electrons. The Morgan fingerprint density at radius 2 is 2.19 bits per heavy atom. The smallest absolute Gasteiger partial charge is 0.287 e. The molecule has 0 N–H and O–H groups in total. The molecule has 0 saturated heterocycles. The Kier molecular flexibility index (Phi) is 3.01. The SMILES string of the molecule is COC(=Cc1ccc2c(c1)OCO2)C(=O)Cl. The average Bonchev–Trinajstić information content (AvgIpc) is 2.72. The maximum Gasteiger partial charge on any atom is 0.287 e. The molecule has 0 amide bonds. The molecule has 0 atom stereocenters. The molecule has 0 aromatic heterocycles. The molecule has 1 heterocycles. The lowest BCUT2D eigenvalue weighted by atomic mass is 10.2. The zero-order chi connectivity index (χ0) is 11.5. The van der Waals surface area contributed by atoms with Crippen molar-refractivity contribution in [2.45, 2.75) is 0 Å². The molecule has 1 aliphatic rings. The Labute approximate surface area is 97.4 Å². The number of fused-ring (bicyclic) bond motifs is 1. The molecular weight excluding hydrogens is 232 g/mol. The highest BCUT2D eigenvalue weighted by Crippen LogP contribution is 2.33. The van der Waals surface area contributed by atoms with Crippen molar-refractivity contribution in [3.63, 3.8) is 0 Å². The molecule has 4 nitrogen and oxygen atoms in total. The maximum atomic E-state index is 10.9. The summed E-state index contributed by atoms with van der Waals surface area (Å²) >= 11 is 5.32. The second kappa shape index (κ2) is 4.45. The van der Waals surface area contributed by atoms with Gasteiger partial charge in [-0.05, 0) is 35.4 Å². The third kappa shape index (κ3) is 2.12. The van der Waals surface area contributed by atoms with Gasteiger partial charge in [-0.1, -0.05) is 6.07 Å². The molecule has 0 unspecified atom stereocenters. The van der Waals surface area contributed by atoms with E-state index in [0.717, 1.165) is 5.56 Å². The lowest BCUT2D eigenvalue weighted by Gasteiger charge is -2.01. The highest BCUT2D eigenvalue weighted by Gasteiger charge is 2.13. The standard InChI is InChI=1S/C11H9ClO4/c1-14-10(11(12)13)5-7-2-3-8-9(4-7)16-6-15-8/h2-5H,6H2,1H3. The summed E-state index contributed by atoms with van der Waals surface area (Å²) in [6.07, 6.45) is 1.54. The van der Waals surface area contributed by atoms with E-state index in [1.165, 1.54) is 13.2 Å². The summed E-state index contributed by atoms with van der Waals surface area (Å²) in [6, 6.07) is 5.30. The molecular formula is C11H9ClO4. The van der Waals surface area contributed by atoms with E-state index in [0.29, 0.717) is 11.5 Å². The monoisotopic (exact) mass is 240 g/mol. The van der Waals surface area contributed by atoms with E-state index in [-0.39, 0.29) is 12.6 Å². The molecule has 0 bridgehead atoms. The minimum absolute atomic E-state index is 0.0838. The molecule has 16 heavy (non-hydrogen) atoms. The molecule has 0 saturated carbocycles. The molecule has 0 spiro atoms. The van der Waals surface area contributed by atoms with Gasteiger partial charge in [0.15, 0.2) is 17.3 Å². The van der Waals surface area contributed by atoms with Gasteiger partial charge in [0.1, 0.15) is 0 Å². The van der Waals surface area contributed by atoms with Crippen LogP contribution in [0, 0.1) is 0 Å². The summed E-state index contributed by atoms with van der Waals surface area (Å²) in [5, 5.41) is -0.639. The maximum absolute atomic E-state index is 10.9. The van der Waals surface area contributed by atoms with Crippen molar-refractivity contribution >= 4 is 22.9 Å². The topological polar surface area (TPSA) is 44.8 Å². The summed E-state index contributed by atoms with van der Waals surface area (Å²) in [5.41, 5.74) is 0.759. The van der Waals surface area contributed by atoms with Crippen LogP contribution in [0.2, 0.25) is 0 Å². The van der Waals surface area contributed by atoms with E-state index >= 15 is 0 Å². The zero-order valence-corrected chi connectivity index (χ0v) is 9.28. The highest BCUT2D eigenvalue weighted by molar-refractivity contribution is 6.67. The minimum Gasteiger partial charge on any atom is -0.492 e. The fourth-order valence-corrected chi connectivity index (χ4v) is 1.48. The minimum atomic E-state index is -0.639. The number of halogens is 1. The van der Waals surface area contributed by atoms with Crippen molar-refractivity contribution in [2.24, 2.45) is 0 Å². The number of methoxy groups -OCH3 is 1. The molecule has 1 aliphatic heterocycles. The van der Waals surface area contributed by atoms with Gasteiger partial charge in [-0.15, -0.1) is 0 Å². The lowest BCUT2D eigenvalue weighted by molar-refractivity contribution is -0.111. The van der Waals surface area contributed by atoms with Gasteiger partial charge < -0.3 is 14.2 Å². The van der Waals surface area contributed by atoms with Crippen LogP contribution in [0.3, 0.4) is 0 Å². The first kappa shape index (κ1) is 10.8. The first-order valence-corrected chi connectivity index (χ1v) is 4.93. The van der Waals surface area contributed by atoms with Crippen LogP contribution in [-0.2, 0) is 9.53 Å². The second-order valence-electron chi connectivity index (χ2n) is 3.10. The van der Waals surface area contributed by atoms with Crippen LogP contribution in [0.25, 0.3) is 6.08 Å². The van der Waals surface area contributed by atoms with E-state index in [4.69, 9.17) is 25.8 Å². The molecule has 0 radical (unpaired) electrons. The second-order valence-corrected chi connectivity index (χ2v) is 3.44. The number of ether oxygens (including phenoxy) is 3. The first-order chi connectivity index (χ1) is 7.70. The number of carbonyl (C=O) groups excluding carboxylic acids is 1. The van der Waals surface area contributed by atoms with Gasteiger partial charge in [-0.3, -0.25) is 4.79 Å². The first-order valence-electron chi connectivity index (χ1n) is 4.56. The van der Waals surface area contributed by atoms with Crippen LogP contribution in [0.4, 0.5) is 0 Å². The number of hydrogen-bond acceptors (Lipinski definition) is 4. The molecule has 2 rings (SSSR count). The Morgan fingerprint density at radius 3 is 2.88 bits per heavy atom. The van der Waals surface area contributed by atoms with Crippen LogP contribution in [0.15, 0.2) is 24.0 Å². The molecule has 0 aliphatic carbocycles. The Hall–Kier alpha value is -1.68. The number of allylic oxidation sites excluding steroid dienone is 1. The fraction of sp³-hybridized carbons (Fsp3) is 0.182. The van der Waals surface area contributed by atoms with Crippen LogP contribution in [-0.4, -0.2) is 19.1 Å². The highest BCUT2D eigenvalue weighted by atomic mass is 35.5. The number of hydrogen-bond donors (Lipinski definition) is 0. The van der Waals surface area contributed by atoms with E-state index in [1.807, 2.05) is 0 Å². The van der Waals surface area contributed by atoms with Crippen molar-refractivity contribution in [1.82, 2.24) is 0 Å². The Balaban J connectivity index is 2.31. The summed E-state index contributed by atoms with van der Waals surface area (Å²) in [6.45, 7) is 0.216. The third-order valence-electron chi connectivity index (χ3n) is 2.11. The average molecular weight is 241 g/mol. The van der Waals surface area contributed by atoms with Gasteiger partial charge >= 0.3 is 0 Å². The van der Waals surface area contributed by atoms with Crippen molar-refractivity contribution in [2.75, 3.05) is 13.9 Å². The Bertz CT molecular complexity index is 453. The predicted molar refractivity (Wildman–Crippen MR) is 58.4 cm³/mol. The normalized spacial score (nSPS) is 13.8. The van der Waals surface area contributed by atoms with Crippen LogP contribution in [0.1, 0.15) is 5.56 Å². The van der Waals surface area contributed by atoms with Crippen LogP contribution >= 0.6 is 11.6 Å². The summed E-state index contributed by atoms with van der Waals surface area (Å²) in [4.78, 5) is 10.9. The van der Waals surface area contributed by atoms with Crippen LogP contribution in [0.5, 0.6) is 11.5 Å². The predicted octanol–water partition coefficient (Wildman–Crippen LogP) is 2.17. The van der Waals surface area contributed by atoms with Gasteiger partial charge in [-0.2, -0.15) is 0 Å². The number of rotatable bonds is 3. The quantitative estimate of drug-likeness (QED) is 0.461. The van der Waals surface area contributed by atoms with Gasteiger partial charge in [-0.25, -0.2) is 0 Å². The third-order valence-corrected chi connectivity index (χ3v) is 2.29. The largest absolute Gasteiger partial charge is 0.492 e.